The number of nitrogens with zero attached hydrogens (tertiary/aromatic N) is 2. The van der Waals surface area contributed by atoms with E-state index in [0.717, 1.165) is 24.2 Å². The molecule has 6 nitrogen and oxygen atoms in total. The number of cyclic esters (lactones) is 1. The molecule has 1 aromatic carbocycles. The van der Waals surface area contributed by atoms with Crippen molar-refractivity contribution in [3.8, 4) is 0 Å². The van der Waals surface area contributed by atoms with Gasteiger partial charge in [-0.25, -0.2) is 4.79 Å². The van der Waals surface area contributed by atoms with Crippen LogP contribution < -0.4 is 0 Å². The lowest BCUT2D eigenvalue weighted by Crippen LogP contribution is -2.47. The number of ether oxygens (including phenoxy) is 1. The molecule has 27 heavy (non-hydrogen) atoms. The number of aryl methyl sites for hydroxylation is 2. The normalized spacial score (nSPS) is 20.8. The van der Waals surface area contributed by atoms with Crippen molar-refractivity contribution >= 4 is 12.0 Å². The van der Waals surface area contributed by atoms with Gasteiger partial charge in [0.1, 0.15) is 18.1 Å². The number of furan rings is 1. The van der Waals surface area contributed by atoms with E-state index in [4.69, 9.17) is 9.15 Å². The standard InChI is InChI=1S/C21H24N2O4/c1-14-12-18(15(2)27-14)20(24)22-10-8-17(9-11-22)23-19(13-26-21(23)25)16-6-4-3-5-7-16/h3-7,12,17,19H,8-11,13H2,1-2H3. The van der Waals surface area contributed by atoms with Crippen molar-refractivity contribution in [2.75, 3.05) is 19.7 Å². The van der Waals surface area contributed by atoms with Crippen LogP contribution in [-0.2, 0) is 4.74 Å². The van der Waals surface area contributed by atoms with Gasteiger partial charge in [0, 0.05) is 19.1 Å². The van der Waals surface area contributed by atoms with Gasteiger partial charge in [-0.15, -0.1) is 0 Å². The van der Waals surface area contributed by atoms with E-state index in [1.54, 1.807) is 6.07 Å². The van der Waals surface area contributed by atoms with E-state index in [0.29, 0.717) is 31.0 Å². The zero-order chi connectivity index (χ0) is 19.0. The fraction of sp³-hybridized carbons (Fsp3) is 0.429. The SMILES string of the molecule is Cc1cc(C(=O)N2CCC(N3C(=O)OCC3c3ccccc3)CC2)c(C)o1. The van der Waals surface area contributed by atoms with Gasteiger partial charge >= 0.3 is 6.09 Å². The Balaban J connectivity index is 1.44. The topological polar surface area (TPSA) is 63.0 Å². The van der Waals surface area contributed by atoms with Crippen molar-refractivity contribution in [2.45, 2.75) is 38.8 Å². The first kappa shape index (κ1) is 17.6. The number of likely N-dealkylation sites (tertiary alicyclic amines) is 1. The van der Waals surface area contributed by atoms with Crippen LogP contribution in [0.4, 0.5) is 4.79 Å². The van der Waals surface area contributed by atoms with Crippen molar-refractivity contribution in [3.63, 3.8) is 0 Å². The largest absolute Gasteiger partial charge is 0.466 e. The zero-order valence-corrected chi connectivity index (χ0v) is 15.7. The molecule has 142 valence electrons. The third-order valence-corrected chi connectivity index (χ3v) is 5.51. The predicted molar refractivity (Wildman–Crippen MR) is 99.5 cm³/mol. The Morgan fingerprint density at radius 1 is 1.11 bits per heavy atom. The van der Waals surface area contributed by atoms with Crippen LogP contribution in [0.2, 0.25) is 0 Å². The van der Waals surface area contributed by atoms with Crippen LogP contribution in [0.5, 0.6) is 0 Å². The van der Waals surface area contributed by atoms with E-state index in [-0.39, 0.29) is 24.1 Å². The lowest BCUT2D eigenvalue weighted by molar-refractivity contribution is 0.0634. The van der Waals surface area contributed by atoms with Gasteiger partial charge in [-0.1, -0.05) is 30.3 Å². The highest BCUT2D eigenvalue weighted by molar-refractivity contribution is 5.95. The number of hydrogen-bond acceptors (Lipinski definition) is 4. The molecular weight excluding hydrogens is 344 g/mol. The molecule has 0 N–H and O–H groups in total. The van der Waals surface area contributed by atoms with Gasteiger partial charge < -0.3 is 14.1 Å². The van der Waals surface area contributed by atoms with E-state index < -0.39 is 0 Å². The van der Waals surface area contributed by atoms with E-state index >= 15 is 0 Å². The lowest BCUT2D eigenvalue weighted by atomic mass is 9.98. The summed E-state index contributed by atoms with van der Waals surface area (Å²) in [6.45, 7) is 5.29. The Morgan fingerprint density at radius 2 is 1.81 bits per heavy atom. The van der Waals surface area contributed by atoms with E-state index in [1.807, 2.05) is 54.0 Å². The smallest absolute Gasteiger partial charge is 0.410 e. The summed E-state index contributed by atoms with van der Waals surface area (Å²) in [5.41, 5.74) is 1.72. The molecule has 2 aliphatic heterocycles. The molecule has 0 radical (unpaired) electrons. The maximum Gasteiger partial charge on any atom is 0.410 e. The molecule has 1 unspecified atom stereocenters. The van der Waals surface area contributed by atoms with Crippen LogP contribution >= 0.6 is 0 Å². The first-order chi connectivity index (χ1) is 13.0. The molecule has 0 bridgehead atoms. The molecule has 0 spiro atoms. The fourth-order valence-electron chi connectivity index (χ4n) is 4.13. The minimum Gasteiger partial charge on any atom is -0.466 e. The predicted octanol–water partition coefficient (Wildman–Crippen LogP) is 3.69. The third-order valence-electron chi connectivity index (χ3n) is 5.51. The molecule has 1 atom stereocenters. The Hall–Kier alpha value is -2.76. The molecule has 2 saturated heterocycles. The van der Waals surface area contributed by atoms with Gasteiger partial charge in [0.05, 0.1) is 11.6 Å². The summed E-state index contributed by atoms with van der Waals surface area (Å²) in [5, 5.41) is 0. The second kappa shape index (κ2) is 7.10. The van der Waals surface area contributed by atoms with E-state index in [2.05, 4.69) is 0 Å². The maximum absolute atomic E-state index is 12.8. The Bertz CT molecular complexity index is 837. The van der Waals surface area contributed by atoms with Crippen LogP contribution in [0.25, 0.3) is 0 Å². The summed E-state index contributed by atoms with van der Waals surface area (Å²) in [7, 11) is 0. The first-order valence-corrected chi connectivity index (χ1v) is 9.41. The number of carbonyl (C=O) groups is 2. The van der Waals surface area contributed by atoms with Crippen LogP contribution in [-0.4, -0.2) is 47.5 Å². The summed E-state index contributed by atoms with van der Waals surface area (Å²) in [4.78, 5) is 28.8. The highest BCUT2D eigenvalue weighted by atomic mass is 16.6. The zero-order valence-electron chi connectivity index (χ0n) is 15.7. The number of hydrogen-bond donors (Lipinski definition) is 0. The van der Waals surface area contributed by atoms with Gasteiger partial charge in [0.2, 0.25) is 0 Å². The number of rotatable bonds is 3. The average molecular weight is 368 g/mol. The molecule has 0 saturated carbocycles. The summed E-state index contributed by atoms with van der Waals surface area (Å²) < 4.78 is 10.8. The molecule has 2 fully saturated rings. The van der Waals surface area contributed by atoms with Crippen molar-refractivity contribution in [2.24, 2.45) is 0 Å². The number of amides is 2. The minimum absolute atomic E-state index is 0.00593. The van der Waals surface area contributed by atoms with Crippen molar-refractivity contribution in [1.29, 1.82) is 0 Å². The second-order valence-corrected chi connectivity index (χ2v) is 7.26. The van der Waals surface area contributed by atoms with Crippen molar-refractivity contribution in [1.82, 2.24) is 9.80 Å². The molecule has 6 heteroatoms. The highest BCUT2D eigenvalue weighted by Crippen LogP contribution is 2.33. The van der Waals surface area contributed by atoms with Crippen molar-refractivity contribution in [3.05, 3.63) is 59.0 Å². The van der Waals surface area contributed by atoms with Crippen LogP contribution in [0.1, 0.15) is 46.3 Å². The molecule has 1 aromatic heterocycles. The Kier molecular flexibility index (Phi) is 4.64. The first-order valence-electron chi connectivity index (χ1n) is 9.41. The number of carbonyl (C=O) groups excluding carboxylic acids is 2. The average Bonchev–Trinajstić information content (AvgIpc) is 3.23. The molecule has 3 heterocycles. The molecule has 4 rings (SSSR count). The van der Waals surface area contributed by atoms with Crippen molar-refractivity contribution < 1.29 is 18.7 Å². The second-order valence-electron chi connectivity index (χ2n) is 7.26. The molecule has 2 aromatic rings. The van der Waals surface area contributed by atoms with Crippen LogP contribution in [0.3, 0.4) is 0 Å². The Labute approximate surface area is 158 Å². The van der Waals surface area contributed by atoms with Gasteiger partial charge in [-0.2, -0.15) is 0 Å². The van der Waals surface area contributed by atoms with Gasteiger partial charge in [0.15, 0.2) is 0 Å². The fourth-order valence-corrected chi connectivity index (χ4v) is 4.13. The summed E-state index contributed by atoms with van der Waals surface area (Å²) in [5.74, 6) is 1.41. The summed E-state index contributed by atoms with van der Waals surface area (Å²) >= 11 is 0. The summed E-state index contributed by atoms with van der Waals surface area (Å²) in [6, 6.07) is 11.8. The molecule has 2 amide bonds. The van der Waals surface area contributed by atoms with E-state index in [1.165, 1.54) is 0 Å². The maximum atomic E-state index is 12.8. The van der Waals surface area contributed by atoms with Gasteiger partial charge in [-0.3, -0.25) is 9.69 Å². The summed E-state index contributed by atoms with van der Waals surface area (Å²) in [6.07, 6.45) is 1.25. The number of piperidine rings is 1. The minimum atomic E-state index is -0.255. The third kappa shape index (κ3) is 3.31. The molecule has 2 aliphatic rings. The van der Waals surface area contributed by atoms with E-state index in [9.17, 15) is 9.59 Å². The van der Waals surface area contributed by atoms with Gasteiger partial charge in [-0.05, 0) is 38.3 Å². The van der Waals surface area contributed by atoms with Crippen LogP contribution in [0, 0.1) is 13.8 Å². The number of benzene rings is 1. The monoisotopic (exact) mass is 368 g/mol. The highest BCUT2D eigenvalue weighted by Gasteiger charge is 2.40. The Morgan fingerprint density at radius 3 is 2.44 bits per heavy atom. The van der Waals surface area contributed by atoms with Crippen LogP contribution in [0.15, 0.2) is 40.8 Å². The molecular formula is C21H24N2O4. The quantitative estimate of drug-likeness (QED) is 0.829. The molecule has 0 aliphatic carbocycles. The van der Waals surface area contributed by atoms with Gasteiger partial charge in [0.25, 0.3) is 5.91 Å². The lowest BCUT2D eigenvalue weighted by Gasteiger charge is -2.37.